The zero-order chi connectivity index (χ0) is 65.7. The fourth-order valence-electron chi connectivity index (χ4n) is 9.95. The Bertz CT molecular complexity index is 1630. The van der Waals surface area contributed by atoms with Gasteiger partial charge in [0.1, 0.15) is 0 Å². The Labute approximate surface area is 553 Å². The van der Waals surface area contributed by atoms with Gasteiger partial charge in [-0.1, -0.05) is 55.4 Å². The van der Waals surface area contributed by atoms with Gasteiger partial charge in [-0.2, -0.15) is 0 Å². The Morgan fingerprint density at radius 1 is 0.442 bits per heavy atom. The molecule has 4 rings (SSSR count). The summed E-state index contributed by atoms with van der Waals surface area (Å²) in [6.45, 7) is 55.9. The molecule has 513 valence electrons. The minimum atomic E-state index is -1.83. The molecule has 0 aromatic carbocycles. The summed E-state index contributed by atoms with van der Waals surface area (Å²) < 4.78 is 49.4. The van der Waals surface area contributed by atoms with Crippen LogP contribution in [0, 0.1) is 17.8 Å². The van der Waals surface area contributed by atoms with E-state index in [1.807, 2.05) is 69.2 Å². The van der Waals surface area contributed by atoms with Crippen LogP contribution in [-0.4, -0.2) is 227 Å². The smallest absolute Gasteiger partial charge is 0.222 e. The number of carbonyl (C=O) groups is 2. The van der Waals surface area contributed by atoms with Crippen LogP contribution in [-0.2, 0) is 79.8 Å². The summed E-state index contributed by atoms with van der Waals surface area (Å²) in [5.74, 6) is 2.14. The first-order valence-electron chi connectivity index (χ1n) is 33.2. The van der Waals surface area contributed by atoms with E-state index in [4.69, 9.17) is 32.9 Å². The summed E-state index contributed by atoms with van der Waals surface area (Å²) in [6, 6.07) is 1.66. The second-order valence-corrected chi connectivity index (χ2v) is 29.6. The molecule has 4 N–H and O–H groups in total. The number of carbonyl (C=O) groups excluding carboxylic acids is 2. The molecular formula is C66H137N4O14PY. The number of aliphatic hydroxyl groups excluding tert-OH is 4. The van der Waals surface area contributed by atoms with Crippen LogP contribution in [0.25, 0.3) is 0 Å². The molecule has 18 nitrogen and oxygen atoms in total. The third-order valence-electron chi connectivity index (χ3n) is 14.5. The Kier molecular flexibility index (Phi) is 53.6. The van der Waals surface area contributed by atoms with E-state index in [1.54, 1.807) is 9.80 Å². The number of rotatable bonds is 30. The number of likely N-dealkylation sites (tertiary alicyclic amines) is 4. The van der Waals surface area contributed by atoms with E-state index in [0.29, 0.717) is 100 Å². The number of aliphatic hydroxyl groups is 4. The van der Waals surface area contributed by atoms with Crippen molar-refractivity contribution in [1.29, 1.82) is 0 Å². The average molecular weight is 1330 g/mol. The van der Waals surface area contributed by atoms with E-state index in [-0.39, 0.29) is 118 Å². The first kappa shape index (κ1) is 89.9. The molecule has 0 bridgehead atoms. The number of amides is 2. The summed E-state index contributed by atoms with van der Waals surface area (Å²) >= 11 is 0. The van der Waals surface area contributed by atoms with E-state index < -0.39 is 14.1 Å². The first-order chi connectivity index (χ1) is 39.5. The van der Waals surface area contributed by atoms with Gasteiger partial charge in [0.15, 0.2) is 8.03 Å². The van der Waals surface area contributed by atoms with Crippen LogP contribution in [0.2, 0.25) is 0 Å². The van der Waals surface area contributed by atoms with Gasteiger partial charge in [0.25, 0.3) is 0 Å². The van der Waals surface area contributed by atoms with Crippen molar-refractivity contribution in [1.82, 2.24) is 19.6 Å². The molecular weight excluding hydrogens is 1190 g/mol. The quantitative estimate of drug-likeness (QED) is 0.0389. The van der Waals surface area contributed by atoms with Crippen LogP contribution in [0.15, 0.2) is 0 Å². The van der Waals surface area contributed by atoms with Gasteiger partial charge < -0.3 is 63.2 Å². The van der Waals surface area contributed by atoms with Crippen LogP contribution in [0.4, 0.5) is 0 Å². The van der Waals surface area contributed by atoms with Crippen LogP contribution in [0.5, 0.6) is 0 Å². The maximum Gasteiger partial charge on any atom is 0.222 e. The van der Waals surface area contributed by atoms with Crippen molar-refractivity contribution in [2.24, 2.45) is 17.8 Å². The fourth-order valence-corrected chi connectivity index (χ4v) is 10.6. The van der Waals surface area contributed by atoms with Gasteiger partial charge in [-0.3, -0.25) is 24.0 Å². The molecule has 1 unspecified atom stereocenters. The van der Waals surface area contributed by atoms with E-state index in [2.05, 4.69) is 107 Å². The monoisotopic (exact) mass is 1330 g/mol. The van der Waals surface area contributed by atoms with Crippen LogP contribution >= 0.6 is 8.03 Å². The minimum absolute atomic E-state index is 0. The fraction of sp³-hybridized carbons (Fsp3) is 0.970. The number of hydrogen-bond acceptors (Lipinski definition) is 16. The average Bonchev–Trinajstić information content (AvgIpc) is 4.26. The molecule has 0 saturated carbocycles. The zero-order valence-electron chi connectivity index (χ0n) is 59.4. The van der Waals surface area contributed by atoms with Crippen molar-refractivity contribution in [3.8, 4) is 0 Å². The van der Waals surface area contributed by atoms with Crippen molar-refractivity contribution in [2.75, 3.05) is 72.4 Å². The third kappa shape index (κ3) is 45.1. The van der Waals surface area contributed by atoms with Gasteiger partial charge in [0.05, 0.1) is 113 Å². The van der Waals surface area contributed by atoms with Gasteiger partial charge in [-0.15, -0.1) is 0 Å². The minimum Gasteiger partial charge on any atom is -0.395 e. The molecule has 0 aliphatic carbocycles. The second-order valence-electron chi connectivity index (χ2n) is 27.5. The molecule has 1 radical (unpaired) electrons. The van der Waals surface area contributed by atoms with Gasteiger partial charge in [0.2, 0.25) is 11.8 Å². The molecule has 4 aliphatic heterocycles. The molecule has 0 spiro atoms. The van der Waals surface area contributed by atoms with E-state index >= 15 is 0 Å². The maximum atomic E-state index is 12.1. The summed E-state index contributed by atoms with van der Waals surface area (Å²) in [5.41, 5.74) is 0.133. The van der Waals surface area contributed by atoms with Crippen LogP contribution in [0.3, 0.4) is 0 Å². The summed E-state index contributed by atoms with van der Waals surface area (Å²) in [6.07, 6.45) is 8.66. The standard InChI is InChI=1S/2C14H27NO3.2C11H23NO2.C8H19O3P.C8H18O.Y/c1-10(2)5-6-14(17)15-8-13(16)7-12(15)9-18-11(3)4;1-10(2)5-6-14(17)15-8-13(18-11(3)4)7-12(15)9-16;1-8(2)12-6-11(13)5-10(12)7-14-9(3)4;1-8(2)12-6-11(14-9(3)4)5-10(12)7-13;1-7(2)10-5-6-11-12(9)8(3)4;1-7(2)5-6-9-8(3)4;/h2*10-13,16H,5-9H2,1-4H3;2*8-11,13H,5-7H2,1-4H3;7-8,12H,5-6H2,1-4H3;7-8H,5-6H2,1-4H3;/t2*12-,13+;2*10-,11+;;;/m0000.../s1. The summed E-state index contributed by atoms with van der Waals surface area (Å²) in [7, 11) is -1.83. The first-order valence-corrected chi connectivity index (χ1v) is 34.6. The molecule has 2 amide bonds. The molecule has 4 aliphatic rings. The van der Waals surface area contributed by atoms with Crippen molar-refractivity contribution >= 4 is 19.8 Å². The normalized spacial score (nSPS) is 22.9. The predicted octanol–water partition coefficient (Wildman–Crippen LogP) is 10.9. The Balaban J connectivity index is -0.000000972. The molecule has 4 fully saturated rings. The molecule has 4 heterocycles. The van der Waals surface area contributed by atoms with Crippen molar-refractivity contribution in [3.63, 3.8) is 0 Å². The topological polar surface area (TPSA) is 210 Å². The van der Waals surface area contributed by atoms with Crippen molar-refractivity contribution < 1.29 is 100 Å². The van der Waals surface area contributed by atoms with E-state index in [1.165, 1.54) is 6.42 Å². The summed E-state index contributed by atoms with van der Waals surface area (Å²) in [5, 5.41) is 37.9. The maximum absolute atomic E-state index is 12.1. The molecule has 20 heteroatoms. The van der Waals surface area contributed by atoms with Crippen molar-refractivity contribution in [3.05, 3.63) is 0 Å². The third-order valence-corrected chi connectivity index (χ3v) is 15.9. The van der Waals surface area contributed by atoms with Crippen LogP contribution in [0.1, 0.15) is 224 Å². The number of ether oxygens (including phenoxy) is 6. The zero-order valence-corrected chi connectivity index (χ0v) is 63.3. The molecule has 0 aromatic heterocycles. The Morgan fingerprint density at radius 3 is 1.22 bits per heavy atom. The van der Waals surface area contributed by atoms with Crippen LogP contribution < -0.4 is 0 Å². The van der Waals surface area contributed by atoms with Crippen molar-refractivity contribution in [2.45, 2.75) is 327 Å². The number of hydrogen-bond donors (Lipinski definition) is 4. The Morgan fingerprint density at radius 2 is 0.826 bits per heavy atom. The predicted molar refractivity (Wildman–Crippen MR) is 349 cm³/mol. The van der Waals surface area contributed by atoms with Gasteiger partial charge in [-0.05, 0) is 173 Å². The van der Waals surface area contributed by atoms with Gasteiger partial charge >= 0.3 is 0 Å². The Hall–Kier alpha value is -0.246. The SMILES string of the molecule is CC(C)CCC(=O)N1C[C@H](O)C[C@H]1COC(C)C.CC(C)CCC(=O)N1C[C@H](OC(C)C)C[C@H]1CO.CC(C)CCOC(C)C.CC(C)OCCO[PH](=O)C(C)C.CC(C)OC[C@@H]1C[C@@H](O)CN1C(C)C.CC(C)O[C@@H]1C[C@@H](CO)N(C(C)C)C1.[Y]. The second kappa shape index (κ2) is 51.2. The number of β-amino-alcohol motifs (C(OH)–C–C–N with tert-alkyl or cyclic N) is 2. The van der Waals surface area contributed by atoms with Gasteiger partial charge in [0, 0.05) is 108 Å². The summed E-state index contributed by atoms with van der Waals surface area (Å²) in [4.78, 5) is 32.5. The molecule has 0 aromatic rings. The number of nitrogens with zero attached hydrogens (tertiary/aromatic N) is 4. The van der Waals surface area contributed by atoms with Gasteiger partial charge in [-0.25, -0.2) is 0 Å². The molecule has 4 saturated heterocycles. The van der Waals surface area contributed by atoms with E-state index in [0.717, 1.165) is 64.3 Å². The molecule has 9 atom stereocenters. The molecule has 86 heavy (non-hydrogen) atoms. The largest absolute Gasteiger partial charge is 0.395 e. The van der Waals surface area contributed by atoms with E-state index in [9.17, 15) is 34.6 Å².